The Kier molecular flexibility index (Phi) is 4.29. The van der Waals surface area contributed by atoms with E-state index in [1.807, 2.05) is 11.4 Å². The highest BCUT2D eigenvalue weighted by atomic mass is 32.2. The Labute approximate surface area is 132 Å². The van der Waals surface area contributed by atoms with Gasteiger partial charge in [-0.1, -0.05) is 6.07 Å². The highest BCUT2D eigenvalue weighted by molar-refractivity contribution is 7.89. The van der Waals surface area contributed by atoms with Crippen LogP contribution in [0.1, 0.15) is 23.6 Å². The molecule has 1 aliphatic rings. The molecule has 3 nitrogen and oxygen atoms in total. The molecule has 1 fully saturated rings. The Hall–Kier alpha value is -1.31. The van der Waals surface area contributed by atoms with Crippen LogP contribution >= 0.6 is 11.3 Å². The molecule has 118 valence electrons. The fourth-order valence-electron chi connectivity index (χ4n) is 2.73. The molecule has 7 heteroatoms. The van der Waals surface area contributed by atoms with Crippen molar-refractivity contribution in [1.82, 2.24) is 4.31 Å². The SMILES string of the molecule is O=S(=O)(c1ccc(F)cc1F)N1CCC(c2cccs2)CC1. The second kappa shape index (κ2) is 6.06. The second-order valence-corrected chi connectivity index (χ2v) is 8.15. The lowest BCUT2D eigenvalue weighted by atomic mass is 9.97. The van der Waals surface area contributed by atoms with E-state index >= 15 is 0 Å². The zero-order chi connectivity index (χ0) is 15.7. The van der Waals surface area contributed by atoms with Crippen LogP contribution in [-0.2, 0) is 10.0 Å². The van der Waals surface area contributed by atoms with E-state index < -0.39 is 26.6 Å². The monoisotopic (exact) mass is 343 g/mol. The van der Waals surface area contributed by atoms with Crippen molar-refractivity contribution in [2.24, 2.45) is 0 Å². The first-order chi connectivity index (χ1) is 10.5. The summed E-state index contributed by atoms with van der Waals surface area (Å²) in [5.41, 5.74) is 0. The molecular weight excluding hydrogens is 328 g/mol. The maximum atomic E-state index is 13.8. The molecule has 0 amide bonds. The smallest absolute Gasteiger partial charge is 0.207 e. The topological polar surface area (TPSA) is 37.4 Å². The van der Waals surface area contributed by atoms with Gasteiger partial charge in [0.1, 0.15) is 16.5 Å². The lowest BCUT2D eigenvalue weighted by Crippen LogP contribution is -2.38. The van der Waals surface area contributed by atoms with Gasteiger partial charge in [-0.05, 0) is 42.3 Å². The molecular formula is C15H15F2NO2S2. The first-order valence-electron chi connectivity index (χ1n) is 6.97. The number of halogens is 2. The number of rotatable bonds is 3. The molecule has 2 aromatic rings. The van der Waals surface area contributed by atoms with Gasteiger partial charge in [0.05, 0.1) is 0 Å². The van der Waals surface area contributed by atoms with E-state index in [0.717, 1.165) is 12.1 Å². The van der Waals surface area contributed by atoms with E-state index in [0.29, 0.717) is 37.9 Å². The van der Waals surface area contributed by atoms with E-state index in [4.69, 9.17) is 0 Å². The molecule has 0 atom stereocenters. The largest absolute Gasteiger partial charge is 0.245 e. The number of hydrogen-bond acceptors (Lipinski definition) is 3. The first kappa shape index (κ1) is 15.6. The summed E-state index contributed by atoms with van der Waals surface area (Å²) in [5.74, 6) is -1.47. The summed E-state index contributed by atoms with van der Waals surface area (Å²) >= 11 is 1.67. The molecule has 2 heterocycles. The minimum absolute atomic E-state index is 0.349. The number of piperidine rings is 1. The molecule has 0 aliphatic carbocycles. The highest BCUT2D eigenvalue weighted by Gasteiger charge is 2.32. The van der Waals surface area contributed by atoms with Crippen LogP contribution in [0, 0.1) is 11.6 Å². The second-order valence-electron chi connectivity index (χ2n) is 5.27. The molecule has 0 N–H and O–H groups in total. The van der Waals surface area contributed by atoms with Crippen LogP contribution in [0.3, 0.4) is 0 Å². The standard InChI is InChI=1S/C15H15F2NO2S2/c16-12-3-4-15(13(17)10-12)22(19,20)18-7-5-11(6-8-18)14-2-1-9-21-14/h1-4,9-11H,5-8H2. The molecule has 0 saturated carbocycles. The van der Waals surface area contributed by atoms with Gasteiger partial charge < -0.3 is 0 Å². The van der Waals surface area contributed by atoms with Crippen LogP contribution in [0.4, 0.5) is 8.78 Å². The number of sulfonamides is 1. The fourth-order valence-corrected chi connectivity index (χ4v) is 5.14. The molecule has 22 heavy (non-hydrogen) atoms. The highest BCUT2D eigenvalue weighted by Crippen LogP contribution is 2.33. The maximum absolute atomic E-state index is 13.8. The van der Waals surface area contributed by atoms with Crippen molar-refractivity contribution in [1.29, 1.82) is 0 Å². The quantitative estimate of drug-likeness (QED) is 0.854. The van der Waals surface area contributed by atoms with E-state index in [1.54, 1.807) is 11.3 Å². The molecule has 0 radical (unpaired) electrons. The van der Waals surface area contributed by atoms with E-state index in [2.05, 4.69) is 6.07 Å². The van der Waals surface area contributed by atoms with Crippen molar-refractivity contribution in [3.63, 3.8) is 0 Å². The minimum atomic E-state index is -3.91. The molecule has 1 aliphatic heterocycles. The number of thiophene rings is 1. The summed E-state index contributed by atoms with van der Waals surface area (Å²) in [6.07, 6.45) is 1.42. The van der Waals surface area contributed by atoms with Crippen LogP contribution in [0.2, 0.25) is 0 Å². The summed E-state index contributed by atoms with van der Waals surface area (Å²) in [6.45, 7) is 0.698. The van der Waals surface area contributed by atoms with Gasteiger partial charge in [-0.15, -0.1) is 11.3 Å². The normalized spacial score (nSPS) is 17.7. The average Bonchev–Trinajstić information content (AvgIpc) is 3.01. The van der Waals surface area contributed by atoms with Gasteiger partial charge in [-0.2, -0.15) is 4.31 Å². The third-order valence-electron chi connectivity index (χ3n) is 3.91. The van der Waals surface area contributed by atoms with E-state index in [1.165, 1.54) is 9.18 Å². The zero-order valence-electron chi connectivity index (χ0n) is 11.7. The third kappa shape index (κ3) is 2.93. The fraction of sp³-hybridized carbons (Fsp3) is 0.333. The van der Waals surface area contributed by atoms with Gasteiger partial charge in [0.15, 0.2) is 0 Å². The van der Waals surface area contributed by atoms with Crippen LogP contribution in [-0.4, -0.2) is 25.8 Å². The van der Waals surface area contributed by atoms with Gasteiger partial charge in [0.2, 0.25) is 10.0 Å². The summed E-state index contributed by atoms with van der Waals surface area (Å²) in [4.78, 5) is 0.800. The lowest BCUT2D eigenvalue weighted by Gasteiger charge is -2.30. The molecule has 0 unspecified atom stereocenters. The van der Waals surface area contributed by atoms with Crippen LogP contribution in [0.15, 0.2) is 40.6 Å². The number of nitrogens with zero attached hydrogens (tertiary/aromatic N) is 1. The molecule has 1 saturated heterocycles. The van der Waals surface area contributed by atoms with Crippen molar-refractivity contribution in [3.8, 4) is 0 Å². The number of hydrogen-bond donors (Lipinski definition) is 0. The summed E-state index contributed by atoms with van der Waals surface area (Å²) < 4.78 is 52.9. The van der Waals surface area contributed by atoms with Gasteiger partial charge in [-0.25, -0.2) is 17.2 Å². The Balaban J connectivity index is 1.77. The Morgan fingerprint density at radius 1 is 1.14 bits per heavy atom. The number of benzene rings is 1. The van der Waals surface area contributed by atoms with Crippen molar-refractivity contribution in [3.05, 3.63) is 52.2 Å². The molecule has 0 spiro atoms. The van der Waals surface area contributed by atoms with Crippen molar-refractivity contribution >= 4 is 21.4 Å². The predicted octanol–water partition coefficient (Wildman–Crippen LogP) is 3.59. The van der Waals surface area contributed by atoms with Crippen LogP contribution < -0.4 is 0 Å². The summed E-state index contributed by atoms with van der Waals surface area (Å²) in [6, 6.07) is 6.60. The van der Waals surface area contributed by atoms with Crippen molar-refractivity contribution in [2.45, 2.75) is 23.7 Å². The van der Waals surface area contributed by atoms with Crippen molar-refractivity contribution < 1.29 is 17.2 Å². The molecule has 1 aromatic carbocycles. The Morgan fingerprint density at radius 2 is 1.86 bits per heavy atom. The van der Waals surface area contributed by atoms with Gasteiger partial charge in [0.25, 0.3) is 0 Å². The van der Waals surface area contributed by atoms with Crippen molar-refractivity contribution in [2.75, 3.05) is 13.1 Å². The minimum Gasteiger partial charge on any atom is -0.207 e. The van der Waals surface area contributed by atoms with Crippen LogP contribution in [0.25, 0.3) is 0 Å². The lowest BCUT2D eigenvalue weighted by molar-refractivity contribution is 0.320. The summed E-state index contributed by atoms with van der Waals surface area (Å²) in [7, 11) is -3.91. The molecule has 0 bridgehead atoms. The van der Waals surface area contributed by atoms with Gasteiger partial charge in [0, 0.05) is 24.0 Å². The molecule has 1 aromatic heterocycles. The third-order valence-corrected chi connectivity index (χ3v) is 6.88. The molecule has 3 rings (SSSR count). The zero-order valence-corrected chi connectivity index (χ0v) is 13.3. The first-order valence-corrected chi connectivity index (χ1v) is 9.29. The van der Waals surface area contributed by atoms with Crippen LogP contribution in [0.5, 0.6) is 0 Å². The van der Waals surface area contributed by atoms with Gasteiger partial charge in [-0.3, -0.25) is 0 Å². The summed E-state index contributed by atoms with van der Waals surface area (Å²) in [5, 5.41) is 2.01. The predicted molar refractivity (Wildman–Crippen MR) is 81.4 cm³/mol. The Bertz CT molecular complexity index is 752. The van der Waals surface area contributed by atoms with Gasteiger partial charge >= 0.3 is 0 Å². The average molecular weight is 343 g/mol. The van der Waals surface area contributed by atoms with E-state index in [-0.39, 0.29) is 0 Å². The van der Waals surface area contributed by atoms with E-state index in [9.17, 15) is 17.2 Å². The maximum Gasteiger partial charge on any atom is 0.245 e. The Morgan fingerprint density at radius 3 is 2.45 bits per heavy atom.